The van der Waals surface area contributed by atoms with Crippen molar-refractivity contribution in [3.63, 3.8) is 0 Å². The van der Waals surface area contributed by atoms with Gasteiger partial charge in [-0.3, -0.25) is 4.90 Å². The van der Waals surface area contributed by atoms with E-state index in [1.165, 1.54) is 37.2 Å². The molecule has 0 atom stereocenters. The third kappa shape index (κ3) is 7.89. The van der Waals surface area contributed by atoms with Gasteiger partial charge in [-0.05, 0) is 90.5 Å². The molecule has 9 nitrogen and oxygen atoms in total. The van der Waals surface area contributed by atoms with Gasteiger partial charge in [0.15, 0.2) is 0 Å². The monoisotopic (exact) mass is 731 g/mol. The molecule has 2 aliphatic heterocycles. The molecule has 0 bridgehead atoms. The summed E-state index contributed by atoms with van der Waals surface area (Å²) in [6.07, 6.45) is 4.98. The van der Waals surface area contributed by atoms with Crippen LogP contribution in [0, 0.1) is 0 Å². The van der Waals surface area contributed by atoms with Gasteiger partial charge in [-0.25, -0.2) is 4.98 Å². The lowest BCUT2D eigenvalue weighted by Crippen LogP contribution is -2.52. The molecular formula is C37H47BrN7O2P. The lowest BCUT2D eigenvalue weighted by Gasteiger charge is -2.43. The third-order valence-corrected chi connectivity index (χ3v) is 11.7. The van der Waals surface area contributed by atoms with Crippen LogP contribution in [0.25, 0.3) is 11.1 Å². The van der Waals surface area contributed by atoms with Gasteiger partial charge in [-0.1, -0.05) is 43.3 Å². The Balaban J connectivity index is 1.21. The summed E-state index contributed by atoms with van der Waals surface area (Å²) >= 11 is 3.62. The van der Waals surface area contributed by atoms with E-state index >= 15 is 0 Å². The van der Waals surface area contributed by atoms with Crippen LogP contribution in [-0.4, -0.2) is 92.6 Å². The summed E-state index contributed by atoms with van der Waals surface area (Å²) in [7, 11) is 1.29. The van der Waals surface area contributed by atoms with E-state index in [9.17, 15) is 4.57 Å². The third-order valence-electron chi connectivity index (χ3n) is 9.57. The quantitative estimate of drug-likeness (QED) is 0.162. The van der Waals surface area contributed by atoms with Gasteiger partial charge >= 0.3 is 0 Å². The molecule has 0 unspecified atom stereocenters. The van der Waals surface area contributed by atoms with Gasteiger partial charge in [-0.2, -0.15) is 4.98 Å². The summed E-state index contributed by atoms with van der Waals surface area (Å²) in [6, 6.07) is 21.2. The summed E-state index contributed by atoms with van der Waals surface area (Å²) in [5.41, 5.74) is 6.17. The lowest BCUT2D eigenvalue weighted by atomic mass is 9.99. The molecule has 0 amide bonds. The minimum atomic E-state index is -2.63. The zero-order valence-electron chi connectivity index (χ0n) is 28.7. The first-order chi connectivity index (χ1) is 23.1. The van der Waals surface area contributed by atoms with E-state index in [0.29, 0.717) is 22.3 Å². The maximum atomic E-state index is 13.5. The number of hydrogen-bond donors (Lipinski definition) is 2. The number of aryl methyl sites for hydroxylation is 1. The number of hydrogen-bond acceptors (Lipinski definition) is 9. The number of piperazine rings is 1. The molecule has 0 spiro atoms. The van der Waals surface area contributed by atoms with Crippen LogP contribution in [0.3, 0.4) is 0 Å². The van der Waals surface area contributed by atoms with E-state index in [4.69, 9.17) is 9.72 Å². The molecule has 4 aromatic rings. The average molecular weight is 733 g/mol. The molecule has 2 fully saturated rings. The van der Waals surface area contributed by atoms with Crippen LogP contribution < -0.4 is 25.6 Å². The lowest BCUT2D eigenvalue weighted by molar-refractivity contribution is 0.0982. The number of rotatable bonds is 10. The molecule has 48 heavy (non-hydrogen) atoms. The second kappa shape index (κ2) is 15.0. The number of methoxy groups -OCH3 is 1. The zero-order chi connectivity index (χ0) is 33.8. The minimum absolute atomic E-state index is 0.431. The summed E-state index contributed by atoms with van der Waals surface area (Å²) in [4.78, 5) is 17.0. The average Bonchev–Trinajstić information content (AvgIpc) is 3.10. The smallest absolute Gasteiger partial charge is 0.229 e. The Labute approximate surface area is 293 Å². The van der Waals surface area contributed by atoms with Gasteiger partial charge < -0.3 is 29.7 Å². The fraction of sp³-hybridized carbons (Fsp3) is 0.405. The highest BCUT2D eigenvalue weighted by atomic mass is 79.9. The Hall–Kier alpha value is -3.43. The van der Waals surface area contributed by atoms with Crippen molar-refractivity contribution in [2.24, 2.45) is 0 Å². The Bertz CT molecular complexity index is 1770. The molecule has 2 saturated heterocycles. The first-order valence-corrected chi connectivity index (χ1v) is 20.2. The summed E-state index contributed by atoms with van der Waals surface area (Å²) in [5.74, 6) is 1.76. The van der Waals surface area contributed by atoms with Crippen molar-refractivity contribution in [2.45, 2.75) is 32.2 Å². The van der Waals surface area contributed by atoms with Crippen LogP contribution in [0.15, 0.2) is 71.3 Å². The molecule has 0 saturated carbocycles. The fourth-order valence-corrected chi connectivity index (χ4v) is 8.22. The van der Waals surface area contributed by atoms with Gasteiger partial charge in [0.1, 0.15) is 18.7 Å². The molecule has 6 rings (SSSR count). The number of likely N-dealkylation sites (N-methyl/N-ethyl adjacent to an activating group) is 1. The van der Waals surface area contributed by atoms with Crippen LogP contribution in [0.5, 0.6) is 5.75 Å². The molecule has 3 aromatic carbocycles. The Morgan fingerprint density at radius 1 is 0.917 bits per heavy atom. The predicted molar refractivity (Wildman–Crippen MR) is 204 cm³/mol. The van der Waals surface area contributed by atoms with E-state index in [1.54, 1.807) is 26.6 Å². The molecule has 2 aliphatic rings. The van der Waals surface area contributed by atoms with Crippen LogP contribution in [0.4, 0.5) is 28.8 Å². The zero-order valence-corrected chi connectivity index (χ0v) is 31.2. The minimum Gasteiger partial charge on any atom is -0.494 e. The fourth-order valence-electron chi connectivity index (χ4n) is 6.77. The summed E-state index contributed by atoms with van der Waals surface area (Å²) in [5, 5.41) is 7.61. The van der Waals surface area contributed by atoms with Crippen molar-refractivity contribution in [1.82, 2.24) is 19.8 Å². The highest BCUT2D eigenvalue weighted by Crippen LogP contribution is 2.41. The summed E-state index contributed by atoms with van der Waals surface area (Å²) < 4.78 is 20.1. The van der Waals surface area contributed by atoms with E-state index in [-0.39, 0.29) is 0 Å². The Morgan fingerprint density at radius 3 is 2.31 bits per heavy atom. The first-order valence-electron chi connectivity index (χ1n) is 16.8. The SMILES string of the molecule is CCc1cc(Nc2ncc(Br)c(Nc3ccc(-c4ccccc4)cc3P(C)(C)=O)n2)c(OC)cc1N1CCC(N2CCN(C)CC2)CC1. The standard InChI is InChI=1S/C37H47BrN7O2P/c1-6-26-22-32(34(47-3)24-33(26)45-16-14-29(15-17-45)44-20-18-43(2)19-21-44)41-37-39-25-30(38)36(42-37)40-31-13-12-28(23-35(31)48(4,5)46)27-10-8-7-9-11-27/h7-13,22-25,29H,6,14-21H2,1-5H3,(H2,39,40,41,42). The maximum Gasteiger partial charge on any atom is 0.229 e. The number of anilines is 5. The van der Waals surface area contributed by atoms with Gasteiger partial charge in [-0.15, -0.1) is 0 Å². The van der Waals surface area contributed by atoms with Gasteiger partial charge in [0.2, 0.25) is 5.95 Å². The van der Waals surface area contributed by atoms with Crippen molar-refractivity contribution in [2.75, 3.05) is 82.3 Å². The Morgan fingerprint density at radius 2 is 1.65 bits per heavy atom. The van der Waals surface area contributed by atoms with Gasteiger partial charge in [0.05, 0.1) is 23.0 Å². The molecular weight excluding hydrogens is 685 g/mol. The van der Waals surface area contributed by atoms with Crippen molar-refractivity contribution in [3.8, 4) is 16.9 Å². The van der Waals surface area contributed by atoms with Gasteiger partial charge in [0, 0.05) is 68.6 Å². The van der Waals surface area contributed by atoms with E-state index in [0.717, 1.165) is 66.2 Å². The predicted octanol–water partition coefficient (Wildman–Crippen LogP) is 7.43. The van der Waals surface area contributed by atoms with Crippen molar-refractivity contribution < 1.29 is 9.30 Å². The molecule has 0 aliphatic carbocycles. The topological polar surface area (TPSA) is 85.9 Å². The number of halogens is 1. The van der Waals surface area contributed by atoms with E-state index in [2.05, 4.69) is 84.5 Å². The normalized spacial score (nSPS) is 16.6. The highest BCUT2D eigenvalue weighted by Gasteiger charge is 2.28. The van der Waals surface area contributed by atoms with Crippen LogP contribution in [0.2, 0.25) is 0 Å². The van der Waals surface area contributed by atoms with Crippen LogP contribution in [0.1, 0.15) is 25.3 Å². The second-order valence-electron chi connectivity index (χ2n) is 13.2. The molecule has 2 N–H and O–H groups in total. The number of ether oxygens (including phenoxy) is 1. The summed E-state index contributed by atoms with van der Waals surface area (Å²) in [6.45, 7) is 12.5. The maximum absolute atomic E-state index is 13.5. The number of benzene rings is 3. The molecule has 254 valence electrons. The largest absolute Gasteiger partial charge is 0.494 e. The second-order valence-corrected chi connectivity index (χ2v) is 17.2. The van der Waals surface area contributed by atoms with Crippen molar-refractivity contribution >= 4 is 57.2 Å². The highest BCUT2D eigenvalue weighted by molar-refractivity contribution is 9.10. The molecule has 0 radical (unpaired) electrons. The molecule has 3 heterocycles. The molecule has 11 heteroatoms. The van der Waals surface area contributed by atoms with Crippen LogP contribution in [-0.2, 0) is 11.0 Å². The Kier molecular flexibility index (Phi) is 10.8. The van der Waals surface area contributed by atoms with Crippen molar-refractivity contribution in [3.05, 3.63) is 76.9 Å². The number of nitrogens with one attached hydrogen (secondary N) is 2. The first kappa shape index (κ1) is 34.4. The van der Waals surface area contributed by atoms with Crippen LogP contribution >= 0.6 is 23.1 Å². The van der Waals surface area contributed by atoms with E-state index in [1.807, 2.05) is 36.4 Å². The molecule has 1 aromatic heterocycles. The number of nitrogens with zero attached hydrogens (tertiary/aromatic N) is 5. The number of aromatic nitrogens is 2. The number of piperidine rings is 1. The van der Waals surface area contributed by atoms with Crippen molar-refractivity contribution in [1.29, 1.82) is 0 Å². The van der Waals surface area contributed by atoms with Gasteiger partial charge in [0.25, 0.3) is 0 Å². The van der Waals surface area contributed by atoms with E-state index < -0.39 is 7.14 Å².